The molecule has 5 nitrogen and oxygen atoms in total. The molecule has 1 fully saturated rings. The summed E-state index contributed by atoms with van der Waals surface area (Å²) in [5.41, 5.74) is -0.351. The van der Waals surface area contributed by atoms with Gasteiger partial charge in [0.25, 0.3) is 5.56 Å². The smallest absolute Gasteiger partial charge is 0.279 e. The molecule has 1 saturated carbocycles. The molecule has 0 bridgehead atoms. The van der Waals surface area contributed by atoms with Crippen LogP contribution in [0.1, 0.15) is 37.1 Å². The van der Waals surface area contributed by atoms with Crippen LogP contribution >= 0.6 is 11.3 Å². The fourth-order valence-electron chi connectivity index (χ4n) is 2.43. The zero-order valence-electron chi connectivity index (χ0n) is 10.5. The third-order valence-corrected chi connectivity index (χ3v) is 4.28. The Bertz CT molecular complexity index is 668. The highest BCUT2D eigenvalue weighted by molar-refractivity contribution is 7.17. The van der Waals surface area contributed by atoms with Crippen LogP contribution in [0.15, 0.2) is 16.9 Å². The third kappa shape index (κ3) is 2.68. The Balaban J connectivity index is 1.87. The lowest BCUT2D eigenvalue weighted by Crippen LogP contribution is -2.12. The minimum Gasteiger partial charge on any atom is -0.493 e. The molecule has 2 heterocycles. The molecule has 19 heavy (non-hydrogen) atoms. The maximum Gasteiger partial charge on any atom is 0.279 e. The van der Waals surface area contributed by atoms with Crippen LogP contribution < -0.4 is 5.56 Å². The van der Waals surface area contributed by atoms with Crippen molar-refractivity contribution in [1.82, 2.24) is 14.6 Å². The Morgan fingerprint density at radius 2 is 2.16 bits per heavy atom. The fraction of sp³-hybridized carbons (Fsp3) is 0.462. The van der Waals surface area contributed by atoms with E-state index in [1.54, 1.807) is 0 Å². The molecule has 1 aliphatic carbocycles. The van der Waals surface area contributed by atoms with Crippen molar-refractivity contribution in [3.05, 3.63) is 27.5 Å². The summed E-state index contributed by atoms with van der Waals surface area (Å²) in [6, 6.07) is 1.07. The molecule has 0 aliphatic heterocycles. The van der Waals surface area contributed by atoms with E-state index in [0.717, 1.165) is 11.1 Å². The zero-order chi connectivity index (χ0) is 13.2. The van der Waals surface area contributed by atoms with Crippen molar-refractivity contribution in [2.45, 2.75) is 32.1 Å². The number of hydrogen-bond donors (Lipinski definition) is 1. The van der Waals surface area contributed by atoms with E-state index in [1.165, 1.54) is 48.0 Å². The first-order valence-electron chi connectivity index (χ1n) is 6.50. The second kappa shape index (κ2) is 5.13. The van der Waals surface area contributed by atoms with Gasteiger partial charge in [0.1, 0.15) is 5.01 Å². The van der Waals surface area contributed by atoms with Gasteiger partial charge in [-0.1, -0.05) is 36.7 Å². The van der Waals surface area contributed by atoms with Gasteiger partial charge in [-0.2, -0.15) is 14.6 Å². The van der Waals surface area contributed by atoms with Crippen molar-refractivity contribution in [2.75, 3.05) is 0 Å². The molecule has 0 amide bonds. The topological polar surface area (TPSA) is 67.5 Å². The maximum absolute atomic E-state index is 11.6. The normalized spacial score (nSPS) is 17.5. The van der Waals surface area contributed by atoms with Gasteiger partial charge in [-0.15, -0.1) is 0 Å². The fourth-order valence-corrected chi connectivity index (χ4v) is 3.24. The molecular formula is C13H15N3O2S. The van der Waals surface area contributed by atoms with E-state index in [4.69, 9.17) is 0 Å². The van der Waals surface area contributed by atoms with Gasteiger partial charge in [0.15, 0.2) is 0 Å². The van der Waals surface area contributed by atoms with E-state index in [1.807, 2.05) is 6.08 Å². The van der Waals surface area contributed by atoms with E-state index in [-0.39, 0.29) is 11.4 Å². The van der Waals surface area contributed by atoms with Crippen LogP contribution in [0.2, 0.25) is 0 Å². The van der Waals surface area contributed by atoms with Crippen molar-refractivity contribution >= 4 is 22.4 Å². The lowest BCUT2D eigenvalue weighted by Gasteiger charge is -2.17. The quantitative estimate of drug-likeness (QED) is 0.915. The largest absolute Gasteiger partial charge is 0.493 e. The van der Waals surface area contributed by atoms with Crippen molar-refractivity contribution in [2.24, 2.45) is 5.92 Å². The van der Waals surface area contributed by atoms with Crippen LogP contribution in [0.4, 0.5) is 0 Å². The van der Waals surface area contributed by atoms with E-state index >= 15 is 0 Å². The molecule has 100 valence electrons. The number of fused-ring (bicyclic) bond motifs is 1. The Kier molecular flexibility index (Phi) is 3.33. The van der Waals surface area contributed by atoms with E-state index in [2.05, 4.69) is 16.2 Å². The average molecular weight is 277 g/mol. The van der Waals surface area contributed by atoms with E-state index in [9.17, 15) is 9.90 Å². The van der Waals surface area contributed by atoms with Crippen LogP contribution in [0.25, 0.3) is 11.0 Å². The number of hydrogen-bond acceptors (Lipinski definition) is 5. The number of rotatable bonds is 2. The van der Waals surface area contributed by atoms with Crippen molar-refractivity contribution in [1.29, 1.82) is 0 Å². The van der Waals surface area contributed by atoms with Crippen LogP contribution in [0.3, 0.4) is 0 Å². The summed E-state index contributed by atoms with van der Waals surface area (Å²) in [4.78, 5) is 15.9. The van der Waals surface area contributed by atoms with Gasteiger partial charge < -0.3 is 5.11 Å². The Morgan fingerprint density at radius 1 is 1.37 bits per heavy atom. The van der Waals surface area contributed by atoms with Crippen molar-refractivity contribution in [3.8, 4) is 5.88 Å². The molecule has 6 heteroatoms. The Morgan fingerprint density at radius 3 is 2.95 bits per heavy atom. The predicted molar refractivity (Wildman–Crippen MR) is 74.4 cm³/mol. The van der Waals surface area contributed by atoms with Gasteiger partial charge in [0.05, 0.1) is 6.07 Å². The highest BCUT2D eigenvalue weighted by Crippen LogP contribution is 2.25. The molecule has 0 radical (unpaired) electrons. The van der Waals surface area contributed by atoms with Gasteiger partial charge in [0.2, 0.25) is 10.8 Å². The van der Waals surface area contributed by atoms with Gasteiger partial charge in [-0.3, -0.25) is 4.79 Å². The Labute approximate surface area is 114 Å². The van der Waals surface area contributed by atoms with Crippen molar-refractivity contribution in [3.63, 3.8) is 0 Å². The highest BCUT2D eigenvalue weighted by atomic mass is 32.1. The molecule has 0 saturated heterocycles. The molecule has 0 spiro atoms. The summed E-state index contributed by atoms with van der Waals surface area (Å²) in [7, 11) is 0. The minimum absolute atomic E-state index is 0.253. The number of nitrogens with zero attached hydrogens (tertiary/aromatic N) is 3. The highest BCUT2D eigenvalue weighted by Gasteiger charge is 2.11. The number of aromatic hydroxyl groups is 1. The summed E-state index contributed by atoms with van der Waals surface area (Å²) in [5.74, 6) is 0.371. The molecule has 1 N–H and O–H groups in total. The summed E-state index contributed by atoms with van der Waals surface area (Å²) < 4.78 is 1.23. The predicted octanol–water partition coefficient (Wildman–Crippen LogP) is 2.45. The zero-order valence-corrected chi connectivity index (χ0v) is 11.3. The first-order chi connectivity index (χ1) is 9.22. The monoisotopic (exact) mass is 277 g/mol. The molecule has 0 aromatic carbocycles. The first kappa shape index (κ1) is 12.3. The van der Waals surface area contributed by atoms with Crippen LogP contribution in [-0.4, -0.2) is 19.7 Å². The molecule has 1 aliphatic rings. The van der Waals surface area contributed by atoms with Gasteiger partial charge in [-0.25, -0.2) is 0 Å². The van der Waals surface area contributed by atoms with Gasteiger partial charge >= 0.3 is 0 Å². The average Bonchev–Trinajstić information content (AvgIpc) is 2.81. The first-order valence-corrected chi connectivity index (χ1v) is 7.32. The Hall–Kier alpha value is -1.69. The lowest BCUT2D eigenvalue weighted by molar-refractivity contribution is 0.420. The van der Waals surface area contributed by atoms with Gasteiger partial charge in [0, 0.05) is 0 Å². The SMILES string of the molecule is O=c1cc(O)nc2sc(/C=C/C3CCCCC3)nn12. The minimum atomic E-state index is -0.351. The second-order valence-electron chi connectivity index (χ2n) is 4.84. The lowest BCUT2D eigenvalue weighted by atomic mass is 9.89. The standard InChI is InChI=1S/C13H15N3O2S/c17-10-8-12(18)16-13(14-10)19-11(15-16)7-6-9-4-2-1-3-5-9/h6-9,17H,1-5H2/b7-6+. The summed E-state index contributed by atoms with van der Waals surface area (Å²) >= 11 is 1.31. The molecule has 0 atom stereocenters. The molecule has 3 rings (SSSR count). The van der Waals surface area contributed by atoms with Crippen LogP contribution in [-0.2, 0) is 0 Å². The summed E-state index contributed by atoms with van der Waals surface area (Å²) in [6.45, 7) is 0. The van der Waals surface area contributed by atoms with Gasteiger partial charge in [-0.05, 0) is 24.8 Å². The molecular weight excluding hydrogens is 262 g/mol. The second-order valence-corrected chi connectivity index (χ2v) is 5.83. The van der Waals surface area contributed by atoms with E-state index in [0.29, 0.717) is 10.9 Å². The summed E-state index contributed by atoms with van der Waals surface area (Å²) in [6.07, 6.45) is 10.5. The van der Waals surface area contributed by atoms with E-state index < -0.39 is 0 Å². The third-order valence-electron chi connectivity index (χ3n) is 3.41. The summed E-state index contributed by atoms with van der Waals surface area (Å²) in [5, 5.41) is 14.2. The molecule has 2 aromatic rings. The number of allylic oxidation sites excluding steroid dienone is 1. The molecule has 2 aromatic heterocycles. The van der Waals surface area contributed by atoms with Crippen LogP contribution in [0, 0.1) is 5.92 Å². The van der Waals surface area contributed by atoms with Crippen molar-refractivity contribution < 1.29 is 5.11 Å². The maximum atomic E-state index is 11.6. The molecule has 0 unspecified atom stereocenters. The van der Waals surface area contributed by atoms with Crippen LogP contribution in [0.5, 0.6) is 5.88 Å². The number of aromatic nitrogens is 3.